The van der Waals surface area contributed by atoms with Gasteiger partial charge in [-0.1, -0.05) is 41.7 Å². The molecule has 0 aliphatic heterocycles. The van der Waals surface area contributed by atoms with Gasteiger partial charge in [-0.2, -0.15) is 0 Å². The van der Waals surface area contributed by atoms with Crippen LogP contribution in [0.5, 0.6) is 0 Å². The standard InChI is InChI=1S/C16H15N3O2S2/c17-14-13(15(20)18-9-11-5-2-1-3-6-11)23-16(22)19(14)10-12-7-4-8-21-12/h1-8H,9-10,17H2,(H,18,20). The van der Waals surface area contributed by atoms with Gasteiger partial charge in [-0.15, -0.1) is 0 Å². The van der Waals surface area contributed by atoms with Crippen LogP contribution in [0, 0.1) is 3.95 Å². The number of carbonyl (C=O) groups excluding carboxylic acids is 1. The molecule has 2 heterocycles. The fourth-order valence-corrected chi connectivity index (χ4v) is 3.39. The summed E-state index contributed by atoms with van der Waals surface area (Å²) in [5, 5.41) is 2.86. The Morgan fingerprint density at radius 2 is 2.04 bits per heavy atom. The number of nitrogens with one attached hydrogen (secondary N) is 1. The van der Waals surface area contributed by atoms with Crippen LogP contribution in [-0.2, 0) is 13.1 Å². The van der Waals surface area contributed by atoms with Gasteiger partial charge in [0.25, 0.3) is 5.91 Å². The molecule has 0 radical (unpaired) electrons. The van der Waals surface area contributed by atoms with Crippen molar-refractivity contribution in [2.45, 2.75) is 13.1 Å². The number of furan rings is 1. The molecule has 0 saturated carbocycles. The van der Waals surface area contributed by atoms with Crippen LogP contribution >= 0.6 is 23.6 Å². The molecule has 0 aliphatic rings. The predicted octanol–water partition coefficient (Wildman–Crippen LogP) is 3.43. The minimum atomic E-state index is -0.222. The zero-order valence-corrected chi connectivity index (χ0v) is 13.8. The first-order valence-corrected chi connectivity index (χ1v) is 8.21. The maximum absolute atomic E-state index is 12.3. The fourth-order valence-electron chi connectivity index (χ4n) is 2.14. The van der Waals surface area contributed by atoms with Crippen LogP contribution < -0.4 is 11.1 Å². The lowest BCUT2D eigenvalue weighted by Gasteiger charge is -2.06. The Morgan fingerprint density at radius 3 is 2.74 bits per heavy atom. The Labute approximate surface area is 142 Å². The molecule has 3 rings (SSSR count). The Morgan fingerprint density at radius 1 is 1.26 bits per heavy atom. The van der Waals surface area contributed by atoms with Crippen LogP contribution in [0.3, 0.4) is 0 Å². The number of amides is 1. The topological polar surface area (TPSA) is 73.2 Å². The summed E-state index contributed by atoms with van der Waals surface area (Å²) < 4.78 is 7.55. The van der Waals surface area contributed by atoms with Gasteiger partial charge < -0.3 is 20.0 Å². The molecule has 1 amide bonds. The van der Waals surface area contributed by atoms with Crippen molar-refractivity contribution in [3.63, 3.8) is 0 Å². The summed E-state index contributed by atoms with van der Waals surface area (Å²) in [4.78, 5) is 12.8. The van der Waals surface area contributed by atoms with Gasteiger partial charge in [0.15, 0.2) is 3.95 Å². The molecule has 5 nitrogen and oxygen atoms in total. The highest BCUT2D eigenvalue weighted by molar-refractivity contribution is 7.73. The van der Waals surface area contributed by atoms with Crippen LogP contribution in [0.4, 0.5) is 5.82 Å². The van der Waals surface area contributed by atoms with Crippen LogP contribution in [0.25, 0.3) is 0 Å². The molecule has 3 aromatic rings. The van der Waals surface area contributed by atoms with Crippen molar-refractivity contribution in [2.24, 2.45) is 0 Å². The van der Waals surface area contributed by atoms with Crippen LogP contribution in [-0.4, -0.2) is 10.5 Å². The summed E-state index contributed by atoms with van der Waals surface area (Å²) in [7, 11) is 0. The number of rotatable bonds is 5. The van der Waals surface area contributed by atoms with E-state index in [2.05, 4.69) is 5.32 Å². The maximum atomic E-state index is 12.3. The Bertz CT molecular complexity index is 851. The van der Waals surface area contributed by atoms with E-state index in [1.54, 1.807) is 16.9 Å². The molecule has 2 aromatic heterocycles. The summed E-state index contributed by atoms with van der Waals surface area (Å²) >= 11 is 6.52. The quantitative estimate of drug-likeness (QED) is 0.695. The van der Waals surface area contributed by atoms with Gasteiger partial charge >= 0.3 is 0 Å². The normalized spacial score (nSPS) is 10.6. The lowest BCUT2D eigenvalue weighted by molar-refractivity contribution is 0.0955. The molecular weight excluding hydrogens is 330 g/mol. The lowest BCUT2D eigenvalue weighted by Crippen LogP contribution is -2.23. The number of benzene rings is 1. The minimum Gasteiger partial charge on any atom is -0.467 e. The number of carbonyl (C=O) groups is 1. The van der Waals surface area contributed by atoms with E-state index in [4.69, 9.17) is 22.4 Å². The van der Waals surface area contributed by atoms with E-state index in [-0.39, 0.29) is 5.91 Å². The van der Waals surface area contributed by atoms with Crippen LogP contribution in [0.1, 0.15) is 21.0 Å². The van der Waals surface area contributed by atoms with E-state index in [0.717, 1.165) is 11.3 Å². The number of nitrogens with zero attached hydrogens (tertiary/aromatic N) is 1. The first-order valence-electron chi connectivity index (χ1n) is 6.99. The smallest absolute Gasteiger partial charge is 0.265 e. The number of anilines is 1. The molecule has 0 unspecified atom stereocenters. The molecular formula is C16H15N3O2S2. The minimum absolute atomic E-state index is 0.222. The van der Waals surface area contributed by atoms with Crippen molar-refractivity contribution in [3.8, 4) is 0 Å². The highest BCUT2D eigenvalue weighted by Crippen LogP contribution is 2.23. The number of nitrogen functional groups attached to an aromatic ring is 1. The largest absolute Gasteiger partial charge is 0.467 e. The Kier molecular flexibility index (Phi) is 4.59. The Hall–Kier alpha value is -2.38. The van der Waals surface area contributed by atoms with Gasteiger partial charge in [0.2, 0.25) is 0 Å². The van der Waals surface area contributed by atoms with Crippen molar-refractivity contribution in [3.05, 3.63) is 68.9 Å². The average Bonchev–Trinajstić information content (AvgIpc) is 3.17. The molecule has 1 aromatic carbocycles. The van der Waals surface area contributed by atoms with E-state index in [1.165, 1.54) is 11.3 Å². The van der Waals surface area contributed by atoms with Gasteiger partial charge in [0.05, 0.1) is 12.8 Å². The summed E-state index contributed by atoms with van der Waals surface area (Å²) in [6.45, 7) is 0.863. The van der Waals surface area contributed by atoms with Gasteiger partial charge in [0.1, 0.15) is 16.5 Å². The first-order chi connectivity index (χ1) is 11.1. The van der Waals surface area contributed by atoms with Crippen LogP contribution in [0.15, 0.2) is 53.1 Å². The lowest BCUT2D eigenvalue weighted by atomic mass is 10.2. The first kappa shape index (κ1) is 15.5. The van der Waals surface area contributed by atoms with E-state index in [9.17, 15) is 4.79 Å². The molecule has 0 fully saturated rings. The third kappa shape index (κ3) is 3.52. The van der Waals surface area contributed by atoms with E-state index < -0.39 is 0 Å². The number of aromatic nitrogens is 1. The van der Waals surface area contributed by atoms with Gasteiger partial charge in [-0.05, 0) is 29.9 Å². The molecule has 118 valence electrons. The van der Waals surface area contributed by atoms with Gasteiger partial charge in [-0.25, -0.2) is 0 Å². The second-order valence-electron chi connectivity index (χ2n) is 4.92. The molecule has 7 heteroatoms. The zero-order chi connectivity index (χ0) is 16.2. The molecule has 23 heavy (non-hydrogen) atoms. The number of nitrogens with two attached hydrogens (primary N) is 1. The van der Waals surface area contributed by atoms with E-state index >= 15 is 0 Å². The summed E-state index contributed by atoms with van der Waals surface area (Å²) in [5.41, 5.74) is 7.12. The molecule has 0 bridgehead atoms. The van der Waals surface area contributed by atoms with Gasteiger partial charge in [0, 0.05) is 6.54 Å². The highest BCUT2D eigenvalue weighted by atomic mass is 32.1. The van der Waals surface area contributed by atoms with Crippen molar-refractivity contribution < 1.29 is 9.21 Å². The third-order valence-corrected chi connectivity index (χ3v) is 4.79. The van der Waals surface area contributed by atoms with Crippen molar-refractivity contribution in [1.82, 2.24) is 9.88 Å². The molecule has 0 saturated heterocycles. The molecule has 0 atom stereocenters. The highest BCUT2D eigenvalue weighted by Gasteiger charge is 2.17. The maximum Gasteiger partial charge on any atom is 0.265 e. The Balaban J connectivity index is 1.75. The van der Waals surface area contributed by atoms with Crippen LogP contribution in [0.2, 0.25) is 0 Å². The van der Waals surface area contributed by atoms with E-state index in [1.807, 2.05) is 36.4 Å². The third-order valence-electron chi connectivity index (χ3n) is 3.33. The zero-order valence-electron chi connectivity index (χ0n) is 12.2. The SMILES string of the molecule is Nc1c(C(=O)NCc2ccccc2)sc(=S)n1Cc1ccco1. The number of hydrogen-bond acceptors (Lipinski definition) is 5. The van der Waals surface area contributed by atoms with Crippen molar-refractivity contribution in [2.75, 3.05) is 5.73 Å². The number of hydrogen-bond donors (Lipinski definition) is 2. The second-order valence-corrected chi connectivity index (χ2v) is 6.56. The second kappa shape index (κ2) is 6.80. The summed E-state index contributed by atoms with van der Waals surface area (Å²) in [6.07, 6.45) is 1.59. The average molecular weight is 345 g/mol. The van der Waals surface area contributed by atoms with Crippen molar-refractivity contribution in [1.29, 1.82) is 0 Å². The number of thiazole rings is 1. The van der Waals surface area contributed by atoms with Gasteiger partial charge in [-0.3, -0.25) is 4.79 Å². The molecule has 0 spiro atoms. The van der Waals surface area contributed by atoms with E-state index in [0.29, 0.717) is 27.7 Å². The summed E-state index contributed by atoms with van der Waals surface area (Å²) in [6, 6.07) is 13.3. The monoisotopic (exact) mass is 345 g/mol. The molecule has 3 N–H and O–H groups in total. The predicted molar refractivity (Wildman–Crippen MR) is 93.0 cm³/mol. The van der Waals surface area contributed by atoms with Crippen molar-refractivity contribution >= 4 is 35.3 Å². The summed E-state index contributed by atoms with van der Waals surface area (Å²) in [5.74, 6) is 0.879. The fraction of sp³-hybridized carbons (Fsp3) is 0.125. The molecule has 0 aliphatic carbocycles.